The Labute approximate surface area is 126 Å². The van der Waals surface area contributed by atoms with E-state index in [4.69, 9.17) is 15.7 Å². The highest BCUT2D eigenvalue weighted by atomic mass is 19.1. The zero-order valence-corrected chi connectivity index (χ0v) is 11.7. The molecule has 22 heavy (non-hydrogen) atoms. The molecule has 4 nitrogen and oxygen atoms in total. The van der Waals surface area contributed by atoms with Crippen LogP contribution in [0.4, 0.5) is 4.39 Å². The normalized spacial score (nSPS) is 11.8. The van der Waals surface area contributed by atoms with Crippen molar-refractivity contribution in [3.8, 4) is 22.9 Å². The first-order chi connectivity index (χ1) is 10.6. The van der Waals surface area contributed by atoms with Gasteiger partial charge in [-0.1, -0.05) is 6.07 Å². The Kier molecular flexibility index (Phi) is 3.51. The fraction of sp³-hybridized carbons (Fsp3) is 0.176. The summed E-state index contributed by atoms with van der Waals surface area (Å²) in [6.07, 6.45) is 0.612. The first-order valence-corrected chi connectivity index (χ1v) is 6.85. The summed E-state index contributed by atoms with van der Waals surface area (Å²) in [6.45, 7) is 0.298. The number of nitrogens with two attached hydrogens (primary N) is 1. The molecule has 2 aromatic rings. The minimum Gasteiger partial charge on any atom is -0.488 e. The molecular weight excluding hydrogens is 283 g/mol. The summed E-state index contributed by atoms with van der Waals surface area (Å²) in [5.41, 5.74) is 8.41. The molecule has 2 aromatic carbocycles. The Bertz CT molecular complexity index is 809. The third kappa shape index (κ3) is 2.40. The molecule has 0 unspecified atom stereocenters. The van der Waals surface area contributed by atoms with E-state index in [0.29, 0.717) is 35.5 Å². The predicted octanol–water partition coefficient (Wildman–Crippen LogP) is 2.94. The van der Waals surface area contributed by atoms with Crippen LogP contribution in [0.1, 0.15) is 27.9 Å². The van der Waals surface area contributed by atoms with Crippen LogP contribution >= 0.6 is 0 Å². The van der Waals surface area contributed by atoms with Crippen LogP contribution in [0.2, 0.25) is 0 Å². The number of rotatable bonds is 3. The van der Waals surface area contributed by atoms with Crippen LogP contribution in [-0.2, 0) is 13.0 Å². The summed E-state index contributed by atoms with van der Waals surface area (Å²) in [5, 5.41) is 8.62. The predicted molar refractivity (Wildman–Crippen MR) is 78.6 cm³/mol. The molecule has 0 aromatic heterocycles. The SMILES string of the molecule is N#CCCc1cc2c(cc1F)-c1ccc(C(N)=O)cc1CO2. The summed E-state index contributed by atoms with van der Waals surface area (Å²) in [7, 11) is 0. The van der Waals surface area contributed by atoms with Gasteiger partial charge < -0.3 is 10.5 Å². The van der Waals surface area contributed by atoms with Crippen molar-refractivity contribution >= 4 is 5.91 Å². The Hall–Kier alpha value is -2.87. The molecule has 0 saturated heterocycles. The zero-order valence-electron chi connectivity index (χ0n) is 11.7. The number of amides is 1. The summed E-state index contributed by atoms with van der Waals surface area (Å²) < 4.78 is 19.8. The van der Waals surface area contributed by atoms with Crippen molar-refractivity contribution in [3.63, 3.8) is 0 Å². The number of nitrogens with zero attached hydrogens (tertiary/aromatic N) is 1. The molecule has 2 N–H and O–H groups in total. The van der Waals surface area contributed by atoms with E-state index in [0.717, 1.165) is 11.1 Å². The molecule has 1 aliphatic rings. The van der Waals surface area contributed by atoms with E-state index in [1.165, 1.54) is 6.07 Å². The second kappa shape index (κ2) is 5.49. The molecule has 1 amide bonds. The fourth-order valence-corrected chi connectivity index (χ4v) is 2.59. The van der Waals surface area contributed by atoms with E-state index in [2.05, 4.69) is 0 Å². The summed E-state index contributed by atoms with van der Waals surface area (Å²) in [5.74, 6) is -0.273. The van der Waals surface area contributed by atoms with E-state index in [1.54, 1.807) is 24.3 Å². The van der Waals surface area contributed by atoms with Crippen LogP contribution in [0, 0.1) is 17.1 Å². The third-order valence-corrected chi connectivity index (χ3v) is 3.72. The van der Waals surface area contributed by atoms with Gasteiger partial charge in [-0.25, -0.2) is 4.39 Å². The van der Waals surface area contributed by atoms with E-state index in [9.17, 15) is 9.18 Å². The Morgan fingerprint density at radius 3 is 2.86 bits per heavy atom. The average Bonchev–Trinajstić information content (AvgIpc) is 2.52. The quantitative estimate of drug-likeness (QED) is 0.946. The van der Waals surface area contributed by atoms with E-state index in [1.807, 2.05) is 6.07 Å². The van der Waals surface area contributed by atoms with Gasteiger partial charge in [0.25, 0.3) is 0 Å². The summed E-state index contributed by atoms with van der Waals surface area (Å²) in [4.78, 5) is 11.2. The molecule has 0 aliphatic carbocycles. The first kappa shape index (κ1) is 14.1. The maximum Gasteiger partial charge on any atom is 0.248 e. The van der Waals surface area contributed by atoms with Gasteiger partial charge in [-0.2, -0.15) is 5.26 Å². The number of ether oxygens (including phenoxy) is 1. The van der Waals surface area contributed by atoms with Crippen molar-refractivity contribution in [3.05, 3.63) is 52.8 Å². The molecule has 1 heterocycles. The number of halogens is 1. The van der Waals surface area contributed by atoms with Gasteiger partial charge in [-0.3, -0.25) is 4.79 Å². The van der Waals surface area contributed by atoms with Gasteiger partial charge in [0.15, 0.2) is 0 Å². The number of nitriles is 1. The lowest BCUT2D eigenvalue weighted by atomic mass is 9.93. The molecule has 110 valence electrons. The largest absolute Gasteiger partial charge is 0.488 e. The topological polar surface area (TPSA) is 76.1 Å². The standard InChI is InChI=1S/C17H13FN2O2/c18-15-8-14-13-4-3-11(17(20)21)6-12(13)9-22-16(14)7-10(15)2-1-5-19/h3-4,6-8H,1-2,9H2,(H2,20,21). The summed E-state index contributed by atoms with van der Waals surface area (Å²) in [6, 6.07) is 10.1. The fourth-order valence-electron chi connectivity index (χ4n) is 2.59. The molecule has 0 spiro atoms. The van der Waals surface area contributed by atoms with Crippen molar-refractivity contribution in [1.29, 1.82) is 5.26 Å². The van der Waals surface area contributed by atoms with Crippen LogP contribution < -0.4 is 10.5 Å². The van der Waals surface area contributed by atoms with Crippen molar-refractivity contribution < 1.29 is 13.9 Å². The maximum atomic E-state index is 14.2. The Morgan fingerprint density at radius 2 is 2.14 bits per heavy atom. The van der Waals surface area contributed by atoms with Crippen LogP contribution in [0.15, 0.2) is 30.3 Å². The van der Waals surface area contributed by atoms with Gasteiger partial charge in [0.05, 0.1) is 6.07 Å². The first-order valence-electron chi connectivity index (χ1n) is 6.85. The summed E-state index contributed by atoms with van der Waals surface area (Å²) >= 11 is 0. The highest BCUT2D eigenvalue weighted by Gasteiger charge is 2.20. The number of aryl methyl sites for hydroxylation is 1. The van der Waals surface area contributed by atoms with E-state index >= 15 is 0 Å². The van der Waals surface area contributed by atoms with Crippen LogP contribution in [0.5, 0.6) is 5.75 Å². The van der Waals surface area contributed by atoms with Crippen molar-refractivity contribution in [2.75, 3.05) is 0 Å². The number of carbonyl (C=O) groups is 1. The minimum absolute atomic E-state index is 0.258. The monoisotopic (exact) mass is 296 g/mol. The smallest absolute Gasteiger partial charge is 0.248 e. The van der Waals surface area contributed by atoms with Gasteiger partial charge in [0.2, 0.25) is 5.91 Å². The molecule has 0 atom stereocenters. The molecular formula is C17H13FN2O2. The highest BCUT2D eigenvalue weighted by Crippen LogP contribution is 2.39. The number of hydrogen-bond donors (Lipinski definition) is 1. The lowest BCUT2D eigenvalue weighted by molar-refractivity contribution is 0.1000. The van der Waals surface area contributed by atoms with Crippen molar-refractivity contribution in [2.24, 2.45) is 5.73 Å². The Balaban J connectivity index is 2.06. The molecule has 0 fully saturated rings. The highest BCUT2D eigenvalue weighted by molar-refractivity contribution is 5.94. The van der Waals surface area contributed by atoms with Crippen molar-refractivity contribution in [2.45, 2.75) is 19.4 Å². The van der Waals surface area contributed by atoms with Crippen LogP contribution in [0.25, 0.3) is 11.1 Å². The molecule has 0 saturated carbocycles. The average molecular weight is 296 g/mol. The molecule has 1 aliphatic heterocycles. The number of benzene rings is 2. The zero-order chi connectivity index (χ0) is 15.7. The van der Waals surface area contributed by atoms with Crippen molar-refractivity contribution in [1.82, 2.24) is 0 Å². The maximum absolute atomic E-state index is 14.2. The lowest BCUT2D eigenvalue weighted by Gasteiger charge is -2.22. The molecule has 0 bridgehead atoms. The van der Waals surface area contributed by atoms with Gasteiger partial charge in [0.1, 0.15) is 18.2 Å². The number of primary amides is 1. The minimum atomic E-state index is -0.508. The van der Waals surface area contributed by atoms with E-state index < -0.39 is 5.91 Å². The third-order valence-electron chi connectivity index (χ3n) is 3.72. The number of fused-ring (bicyclic) bond motifs is 3. The molecule has 3 rings (SSSR count). The van der Waals surface area contributed by atoms with E-state index in [-0.39, 0.29) is 12.2 Å². The van der Waals surface area contributed by atoms with Gasteiger partial charge >= 0.3 is 0 Å². The molecule has 5 heteroatoms. The number of carbonyl (C=O) groups excluding carboxylic acids is 1. The second-order valence-corrected chi connectivity index (χ2v) is 5.12. The second-order valence-electron chi connectivity index (χ2n) is 5.12. The van der Waals surface area contributed by atoms with Gasteiger partial charge in [-0.05, 0) is 47.4 Å². The molecule has 0 radical (unpaired) electrons. The van der Waals surface area contributed by atoms with Gasteiger partial charge in [0, 0.05) is 17.5 Å². The Morgan fingerprint density at radius 1 is 1.32 bits per heavy atom. The van der Waals surface area contributed by atoms with Gasteiger partial charge in [-0.15, -0.1) is 0 Å². The lowest BCUT2D eigenvalue weighted by Crippen LogP contribution is -2.13. The van der Waals surface area contributed by atoms with Crippen LogP contribution in [-0.4, -0.2) is 5.91 Å². The van der Waals surface area contributed by atoms with Crippen LogP contribution in [0.3, 0.4) is 0 Å². The number of hydrogen-bond acceptors (Lipinski definition) is 3.